The quantitative estimate of drug-likeness (QED) is 0.498. The van der Waals surface area contributed by atoms with Crippen molar-refractivity contribution in [2.24, 2.45) is 5.10 Å². The third-order valence-electron chi connectivity index (χ3n) is 3.95. The third kappa shape index (κ3) is 4.31. The number of aryl methyl sites for hydroxylation is 1. The maximum Gasteiger partial charge on any atom is 0.270 e. The van der Waals surface area contributed by atoms with Crippen molar-refractivity contribution in [1.29, 1.82) is 0 Å². The molecule has 0 bridgehead atoms. The fourth-order valence-corrected chi connectivity index (χ4v) is 2.57. The standard InChI is InChI=1S/C17H20N6O3/c1-12-10-16(19-17(18-12)22-6-8-26-9-7-22)21-20-13(2)14-4-3-5-15(11-14)23(24)25/h3-5,10-11H,6-9H2,1-2H3,(H,18,19,21)/b20-13-. The second-order valence-corrected chi connectivity index (χ2v) is 5.91. The molecule has 0 spiro atoms. The summed E-state index contributed by atoms with van der Waals surface area (Å²) in [7, 11) is 0. The Morgan fingerprint density at radius 3 is 2.81 bits per heavy atom. The van der Waals surface area contributed by atoms with Crippen LogP contribution in [0.3, 0.4) is 0 Å². The molecule has 0 radical (unpaired) electrons. The molecule has 1 aliphatic rings. The number of anilines is 2. The number of nitro benzene ring substituents is 1. The van der Waals surface area contributed by atoms with Crippen LogP contribution in [0.5, 0.6) is 0 Å². The Bertz CT molecular complexity index is 833. The molecule has 2 aromatic rings. The zero-order valence-corrected chi connectivity index (χ0v) is 14.7. The lowest BCUT2D eigenvalue weighted by atomic mass is 10.1. The van der Waals surface area contributed by atoms with Gasteiger partial charge < -0.3 is 9.64 Å². The molecule has 1 aromatic heterocycles. The largest absolute Gasteiger partial charge is 0.378 e. The zero-order chi connectivity index (χ0) is 18.5. The topological polar surface area (TPSA) is 106 Å². The molecule has 1 aromatic carbocycles. The summed E-state index contributed by atoms with van der Waals surface area (Å²) < 4.78 is 5.35. The Morgan fingerprint density at radius 1 is 1.31 bits per heavy atom. The molecule has 0 amide bonds. The maximum atomic E-state index is 10.9. The van der Waals surface area contributed by atoms with E-state index in [4.69, 9.17) is 4.74 Å². The van der Waals surface area contributed by atoms with Gasteiger partial charge in [-0.25, -0.2) is 4.98 Å². The predicted molar refractivity (Wildman–Crippen MR) is 98.7 cm³/mol. The first-order chi connectivity index (χ1) is 12.5. The van der Waals surface area contributed by atoms with Crippen molar-refractivity contribution in [1.82, 2.24) is 9.97 Å². The number of non-ortho nitro benzene ring substituents is 1. The normalized spacial score (nSPS) is 15.0. The van der Waals surface area contributed by atoms with Crippen LogP contribution in [0.15, 0.2) is 35.4 Å². The van der Waals surface area contributed by atoms with Crippen molar-refractivity contribution >= 4 is 23.2 Å². The Labute approximate surface area is 150 Å². The van der Waals surface area contributed by atoms with E-state index in [1.165, 1.54) is 12.1 Å². The van der Waals surface area contributed by atoms with E-state index in [-0.39, 0.29) is 5.69 Å². The van der Waals surface area contributed by atoms with Crippen LogP contribution in [-0.2, 0) is 4.74 Å². The number of nitro groups is 1. The number of hydrogen-bond donors (Lipinski definition) is 1. The van der Waals surface area contributed by atoms with Crippen molar-refractivity contribution < 1.29 is 9.66 Å². The van der Waals surface area contributed by atoms with Gasteiger partial charge in [0.2, 0.25) is 5.95 Å². The predicted octanol–water partition coefficient (Wildman–Crippen LogP) is 2.37. The number of rotatable bonds is 5. The summed E-state index contributed by atoms with van der Waals surface area (Å²) in [4.78, 5) is 21.5. The van der Waals surface area contributed by atoms with Gasteiger partial charge in [0.05, 0.1) is 23.8 Å². The minimum absolute atomic E-state index is 0.0320. The van der Waals surface area contributed by atoms with Crippen LogP contribution in [0.25, 0.3) is 0 Å². The molecule has 136 valence electrons. The monoisotopic (exact) mass is 356 g/mol. The third-order valence-corrected chi connectivity index (χ3v) is 3.95. The molecular weight excluding hydrogens is 336 g/mol. The van der Waals surface area contributed by atoms with Gasteiger partial charge in [0.25, 0.3) is 5.69 Å². The number of nitrogens with one attached hydrogen (secondary N) is 1. The molecule has 3 rings (SSSR count). The molecule has 1 aliphatic heterocycles. The molecule has 2 heterocycles. The first-order valence-corrected chi connectivity index (χ1v) is 8.26. The molecule has 0 saturated carbocycles. The summed E-state index contributed by atoms with van der Waals surface area (Å²) in [6.45, 7) is 6.49. The van der Waals surface area contributed by atoms with Crippen LogP contribution in [0, 0.1) is 17.0 Å². The summed E-state index contributed by atoms with van der Waals surface area (Å²) in [6, 6.07) is 8.15. The molecule has 0 aliphatic carbocycles. The fraction of sp³-hybridized carbons (Fsp3) is 0.353. The fourth-order valence-electron chi connectivity index (χ4n) is 2.57. The van der Waals surface area contributed by atoms with E-state index in [2.05, 4.69) is 25.4 Å². The molecule has 0 unspecified atom stereocenters. The molecule has 9 heteroatoms. The van der Waals surface area contributed by atoms with Crippen LogP contribution >= 0.6 is 0 Å². The Balaban J connectivity index is 1.77. The SMILES string of the molecule is C/C(=N/Nc1cc(C)nc(N2CCOCC2)n1)c1cccc([N+](=O)[O-])c1. The van der Waals surface area contributed by atoms with Gasteiger partial charge in [-0.2, -0.15) is 10.1 Å². The van der Waals surface area contributed by atoms with Gasteiger partial charge in [-0.15, -0.1) is 0 Å². The number of ether oxygens (including phenoxy) is 1. The maximum absolute atomic E-state index is 10.9. The first-order valence-electron chi connectivity index (χ1n) is 8.26. The van der Waals surface area contributed by atoms with Crippen molar-refractivity contribution in [2.75, 3.05) is 36.6 Å². The number of hydrogen-bond acceptors (Lipinski definition) is 8. The van der Waals surface area contributed by atoms with Crippen molar-refractivity contribution in [3.8, 4) is 0 Å². The van der Waals surface area contributed by atoms with E-state index >= 15 is 0 Å². The van der Waals surface area contributed by atoms with Crippen LogP contribution in [-0.4, -0.2) is 46.9 Å². The van der Waals surface area contributed by atoms with E-state index < -0.39 is 4.92 Å². The molecule has 1 N–H and O–H groups in total. The lowest BCUT2D eigenvalue weighted by Crippen LogP contribution is -2.37. The highest BCUT2D eigenvalue weighted by Gasteiger charge is 2.15. The van der Waals surface area contributed by atoms with Gasteiger partial charge in [0.15, 0.2) is 5.82 Å². The smallest absolute Gasteiger partial charge is 0.270 e. The Morgan fingerprint density at radius 2 is 2.08 bits per heavy atom. The van der Waals surface area contributed by atoms with Gasteiger partial charge in [-0.1, -0.05) is 12.1 Å². The van der Waals surface area contributed by atoms with E-state index in [9.17, 15) is 10.1 Å². The van der Waals surface area contributed by atoms with E-state index in [0.29, 0.717) is 36.3 Å². The minimum Gasteiger partial charge on any atom is -0.378 e. The summed E-state index contributed by atoms with van der Waals surface area (Å²) in [5.74, 6) is 1.21. The summed E-state index contributed by atoms with van der Waals surface area (Å²) in [5, 5.41) is 15.2. The van der Waals surface area contributed by atoms with Crippen molar-refractivity contribution in [2.45, 2.75) is 13.8 Å². The highest BCUT2D eigenvalue weighted by molar-refractivity contribution is 5.99. The first kappa shape index (κ1) is 17.7. The van der Waals surface area contributed by atoms with Crippen LogP contribution in [0.1, 0.15) is 18.2 Å². The molecular formula is C17H20N6O3. The number of morpholine rings is 1. The number of benzene rings is 1. The zero-order valence-electron chi connectivity index (χ0n) is 14.7. The van der Waals surface area contributed by atoms with E-state index in [1.54, 1.807) is 25.1 Å². The summed E-state index contributed by atoms with van der Waals surface area (Å²) in [5.41, 5.74) is 5.07. The Kier molecular flexibility index (Phi) is 5.37. The van der Waals surface area contributed by atoms with E-state index in [0.717, 1.165) is 18.8 Å². The lowest BCUT2D eigenvalue weighted by Gasteiger charge is -2.27. The van der Waals surface area contributed by atoms with Crippen LogP contribution in [0.4, 0.5) is 17.5 Å². The second-order valence-electron chi connectivity index (χ2n) is 5.91. The lowest BCUT2D eigenvalue weighted by molar-refractivity contribution is -0.384. The number of hydrazone groups is 1. The summed E-state index contributed by atoms with van der Waals surface area (Å²) >= 11 is 0. The highest BCUT2D eigenvalue weighted by atomic mass is 16.6. The molecule has 1 saturated heterocycles. The molecule has 26 heavy (non-hydrogen) atoms. The highest BCUT2D eigenvalue weighted by Crippen LogP contribution is 2.16. The number of nitrogens with zero attached hydrogens (tertiary/aromatic N) is 5. The number of aromatic nitrogens is 2. The van der Waals surface area contributed by atoms with Gasteiger partial charge in [0, 0.05) is 42.5 Å². The molecule has 9 nitrogen and oxygen atoms in total. The molecule has 0 atom stereocenters. The average Bonchev–Trinajstić information content (AvgIpc) is 2.66. The van der Waals surface area contributed by atoms with Crippen LogP contribution < -0.4 is 10.3 Å². The van der Waals surface area contributed by atoms with Gasteiger partial charge in [-0.05, 0) is 13.8 Å². The molecule has 1 fully saturated rings. The summed E-state index contributed by atoms with van der Waals surface area (Å²) in [6.07, 6.45) is 0. The van der Waals surface area contributed by atoms with Crippen molar-refractivity contribution in [3.05, 3.63) is 51.7 Å². The van der Waals surface area contributed by atoms with Gasteiger partial charge in [-0.3, -0.25) is 15.5 Å². The average molecular weight is 356 g/mol. The van der Waals surface area contributed by atoms with Gasteiger partial charge in [0.1, 0.15) is 0 Å². The van der Waals surface area contributed by atoms with Crippen LogP contribution in [0.2, 0.25) is 0 Å². The van der Waals surface area contributed by atoms with Gasteiger partial charge >= 0.3 is 0 Å². The second kappa shape index (κ2) is 7.87. The Hall–Kier alpha value is -3.07. The van der Waals surface area contributed by atoms with Crippen molar-refractivity contribution in [3.63, 3.8) is 0 Å². The minimum atomic E-state index is -0.424. The van der Waals surface area contributed by atoms with E-state index in [1.807, 2.05) is 6.92 Å².